The van der Waals surface area contributed by atoms with Gasteiger partial charge in [-0.1, -0.05) is 116 Å². The van der Waals surface area contributed by atoms with Crippen LogP contribution in [0.25, 0.3) is 32.7 Å². The monoisotopic (exact) mass is 1290 g/mol. The van der Waals surface area contributed by atoms with Crippen LogP contribution in [0.15, 0.2) is 92.6 Å². The Morgan fingerprint density at radius 1 is 0.887 bits per heavy atom. The Kier molecular flexibility index (Phi) is 27.1. The molecule has 6 aromatic rings. The summed E-state index contributed by atoms with van der Waals surface area (Å²) in [6, 6.07) is 19.7. The molecule has 0 aliphatic carbocycles. The topological polar surface area (TPSA) is 115 Å². The molecule has 0 bridgehead atoms. The van der Waals surface area contributed by atoms with E-state index in [2.05, 4.69) is 154 Å². The maximum atomic E-state index is 11.1. The molecular formula is C37H40Br3I3N5O4V-. The van der Waals surface area contributed by atoms with Gasteiger partial charge >= 0.3 is 0 Å². The fourth-order valence-electron chi connectivity index (χ4n) is 4.96. The summed E-state index contributed by atoms with van der Waals surface area (Å²) in [4.78, 5) is 26.7. The van der Waals surface area contributed by atoms with Crippen molar-refractivity contribution >= 4 is 161 Å². The van der Waals surface area contributed by atoms with Crippen molar-refractivity contribution < 1.29 is 37.6 Å². The van der Waals surface area contributed by atoms with Crippen molar-refractivity contribution in [3.8, 4) is 0 Å². The average Bonchev–Trinajstić information content (AvgIpc) is 3.91. The van der Waals surface area contributed by atoms with Crippen molar-refractivity contribution in [3.63, 3.8) is 0 Å². The number of aromatic amines is 2. The van der Waals surface area contributed by atoms with Gasteiger partial charge in [-0.15, -0.1) is 0 Å². The summed E-state index contributed by atoms with van der Waals surface area (Å²) in [6.45, 7) is 1.68. The van der Waals surface area contributed by atoms with E-state index in [0.717, 1.165) is 80.3 Å². The second-order valence-corrected chi connectivity index (χ2v) is 17.7. The number of fused-ring (bicyclic) bond motifs is 3. The summed E-state index contributed by atoms with van der Waals surface area (Å²) in [6.07, 6.45) is 12.8. The van der Waals surface area contributed by atoms with Crippen LogP contribution in [-0.4, -0.2) is 58.1 Å². The molecule has 5 heterocycles. The second kappa shape index (κ2) is 28.6. The first-order valence-corrected chi connectivity index (χ1v) is 23.3. The Labute approximate surface area is 389 Å². The minimum Gasteiger partial charge on any atom is -0.502 e. The smallest absolute Gasteiger partial charge is 0.170 e. The summed E-state index contributed by atoms with van der Waals surface area (Å²) in [7, 11) is 0. The van der Waals surface area contributed by atoms with Crippen molar-refractivity contribution in [1.82, 2.24) is 25.0 Å². The van der Waals surface area contributed by atoms with Crippen LogP contribution in [0.1, 0.15) is 59.3 Å². The van der Waals surface area contributed by atoms with Crippen molar-refractivity contribution in [2.24, 2.45) is 0 Å². The number of rotatable bonds is 3. The molecule has 8 rings (SSSR count). The molecule has 2 aliphatic rings. The van der Waals surface area contributed by atoms with E-state index in [1.54, 1.807) is 6.26 Å². The van der Waals surface area contributed by atoms with E-state index in [4.69, 9.17) is 9.47 Å². The third-order valence-electron chi connectivity index (χ3n) is 7.24. The quantitative estimate of drug-likeness (QED) is 0.0789. The first kappa shape index (κ1) is 50.2. The maximum absolute atomic E-state index is 11.1. The molecule has 285 valence electrons. The van der Waals surface area contributed by atoms with Crippen LogP contribution in [-0.2, 0) is 28.0 Å². The van der Waals surface area contributed by atoms with E-state index in [-0.39, 0.29) is 32.2 Å². The number of allylic oxidation sites excluding steroid dienone is 1. The maximum Gasteiger partial charge on any atom is 0.170 e. The zero-order valence-electron chi connectivity index (χ0n) is 29.1. The second-order valence-electron chi connectivity index (χ2n) is 10.5. The van der Waals surface area contributed by atoms with Crippen LogP contribution in [0.3, 0.4) is 0 Å². The van der Waals surface area contributed by atoms with Crippen LogP contribution in [0.4, 0.5) is 0 Å². The third-order valence-corrected chi connectivity index (χ3v) is 8.72. The summed E-state index contributed by atoms with van der Waals surface area (Å²) < 4.78 is 16.7. The predicted octanol–water partition coefficient (Wildman–Crippen LogP) is 13.0. The van der Waals surface area contributed by atoms with E-state index in [1.165, 1.54) is 26.2 Å². The number of nitrogens with zero attached hydrogens (tertiary/aromatic N) is 3. The molecule has 0 spiro atoms. The van der Waals surface area contributed by atoms with E-state index in [1.807, 2.05) is 64.3 Å². The van der Waals surface area contributed by atoms with Gasteiger partial charge in [0.2, 0.25) is 0 Å². The van der Waals surface area contributed by atoms with Crippen molar-refractivity contribution in [2.75, 3.05) is 20.6 Å². The Morgan fingerprint density at radius 2 is 1.57 bits per heavy atom. The van der Waals surface area contributed by atoms with Crippen LogP contribution < -0.4 is 0 Å². The molecule has 16 heteroatoms. The molecule has 9 nitrogen and oxygen atoms in total. The number of benzene rings is 3. The number of H-pyrrole nitrogens is 2. The van der Waals surface area contributed by atoms with Gasteiger partial charge in [-0.05, 0) is 104 Å². The molecular weight excluding hydrogens is 1250 g/mol. The number of nitrogens with one attached hydrogen (secondary N) is 2. The van der Waals surface area contributed by atoms with Crippen LogP contribution in [0.5, 0.6) is 0 Å². The Hall–Kier alpha value is -0.806. The fourth-order valence-corrected chi connectivity index (χ4v) is 6.07. The number of aldehydes is 2. The SMILES string of the molecule is Brc1ccc2[nH]ccc2c1.C1=COCCC1.CI.ICI.O=Cc1[nH]nc2ccc(Br)cc12.O=Cc1nn(C2CCCCO2)c2ccc(Br)cc12.[CH3-].[V]. The largest absolute Gasteiger partial charge is 0.502 e. The summed E-state index contributed by atoms with van der Waals surface area (Å²) in [5.74, 6) is 0. The zero-order chi connectivity index (χ0) is 37.0. The third kappa shape index (κ3) is 16.3. The molecule has 3 aromatic carbocycles. The molecule has 53 heavy (non-hydrogen) atoms. The van der Waals surface area contributed by atoms with Gasteiger partial charge in [0.1, 0.15) is 11.4 Å². The van der Waals surface area contributed by atoms with E-state index >= 15 is 0 Å². The first-order chi connectivity index (χ1) is 24.9. The number of halogens is 6. The zero-order valence-corrected chi connectivity index (χ0v) is 41.7. The molecule has 0 saturated carbocycles. The molecule has 1 atom stereocenters. The number of hydrogen-bond acceptors (Lipinski definition) is 6. The number of alkyl halides is 3. The van der Waals surface area contributed by atoms with Gasteiger partial charge in [0, 0.05) is 66.5 Å². The van der Waals surface area contributed by atoms with Gasteiger partial charge in [-0.25, -0.2) is 4.68 Å². The van der Waals surface area contributed by atoms with Gasteiger partial charge in [0.15, 0.2) is 18.8 Å². The predicted molar refractivity (Wildman–Crippen MR) is 250 cm³/mol. The van der Waals surface area contributed by atoms with Gasteiger partial charge in [0.25, 0.3) is 0 Å². The number of carbonyl (C=O) groups excluding carboxylic acids is 2. The van der Waals surface area contributed by atoms with E-state index < -0.39 is 0 Å². The summed E-state index contributed by atoms with van der Waals surface area (Å²) in [5, 5.41) is 13.9. The van der Waals surface area contributed by atoms with Gasteiger partial charge in [-0.2, -0.15) is 10.2 Å². The van der Waals surface area contributed by atoms with Gasteiger partial charge in [-0.3, -0.25) is 14.7 Å². The number of ether oxygens (including phenoxy) is 2. The minimum absolute atomic E-state index is 0. The van der Waals surface area contributed by atoms with Crippen LogP contribution in [0.2, 0.25) is 0 Å². The molecule has 3 aromatic heterocycles. The number of aromatic nitrogens is 5. The van der Waals surface area contributed by atoms with Crippen molar-refractivity contribution in [1.29, 1.82) is 0 Å². The molecule has 1 fully saturated rings. The normalized spacial score (nSPS) is 13.9. The molecule has 1 saturated heterocycles. The van der Waals surface area contributed by atoms with Gasteiger partial charge < -0.3 is 21.9 Å². The molecule has 2 aliphatic heterocycles. The van der Waals surface area contributed by atoms with Crippen LogP contribution >= 0.6 is 116 Å². The molecule has 0 amide bonds. The van der Waals surface area contributed by atoms with Gasteiger partial charge in [0.05, 0.1) is 26.3 Å². The Morgan fingerprint density at radius 3 is 2.15 bits per heavy atom. The molecule has 1 unspecified atom stereocenters. The summed E-state index contributed by atoms with van der Waals surface area (Å²) >= 11 is 16.8. The van der Waals surface area contributed by atoms with E-state index in [9.17, 15) is 9.59 Å². The number of hydrogen-bond donors (Lipinski definition) is 2. The van der Waals surface area contributed by atoms with Crippen molar-refractivity contribution in [3.05, 3.63) is 111 Å². The first-order valence-electron chi connectivity index (χ1n) is 15.7. The minimum atomic E-state index is -0.0453. The van der Waals surface area contributed by atoms with E-state index in [0.29, 0.717) is 11.4 Å². The molecule has 2 N–H and O–H groups in total. The fraction of sp³-hybridized carbons (Fsp3) is 0.270. The molecule has 1 radical (unpaired) electrons. The standard InChI is InChI=1S/C13H13BrN2O2.C8H5BrN2O.C8H6BrN.C5H8O.CH2I2.CH3I.CH3.V/c14-9-4-5-12-10(7-9)11(8-17)15-16(12)13-3-1-2-6-18-13;9-5-1-2-7-6(3-5)8(4-12)11-10-7;9-7-1-2-8-6(5-7)3-4-10-8;1-2-4-6-5-3-1;2-1-3;1-2;;/h4-5,7-8,13H,1-3,6H2;1-4H,(H,10,11);1-5,10H;2,4H,1,3,5H2;1H2;1H3;1H3;/q;;;;;;-1;. The summed E-state index contributed by atoms with van der Waals surface area (Å²) in [5.41, 5.74) is 3.93. The average molecular weight is 1290 g/mol. The Bertz CT molecular complexity index is 1980. The van der Waals surface area contributed by atoms with Crippen molar-refractivity contribution in [2.45, 2.75) is 38.3 Å². The number of carbonyl (C=O) groups is 2. The van der Waals surface area contributed by atoms with Crippen LogP contribution in [0, 0.1) is 7.43 Å². The Balaban J connectivity index is 0.000000353.